The lowest BCUT2D eigenvalue weighted by atomic mass is 10.0. The van der Waals surface area contributed by atoms with Crippen molar-refractivity contribution in [2.24, 2.45) is 0 Å². The molecule has 0 radical (unpaired) electrons. The molecule has 0 aliphatic rings. The fraction of sp³-hybridized carbons (Fsp3) is 0.294. The maximum atomic E-state index is 10.3. The standard InChI is InChI=1S/C17H18Cl2O2/c1-11(2)21-14-8-6-12(7-9-14)16(20)10-13-4-3-5-15(18)17(13)19/h3-9,11,16,20H,10H2,1-2H3. The molecule has 2 rings (SSSR count). The van der Waals surface area contributed by atoms with Gasteiger partial charge in [-0.1, -0.05) is 47.5 Å². The van der Waals surface area contributed by atoms with Crippen molar-refractivity contribution in [2.75, 3.05) is 0 Å². The van der Waals surface area contributed by atoms with E-state index in [0.29, 0.717) is 16.5 Å². The van der Waals surface area contributed by atoms with E-state index < -0.39 is 6.10 Å². The van der Waals surface area contributed by atoms with Crippen LogP contribution in [0.1, 0.15) is 31.1 Å². The Kier molecular flexibility index (Phi) is 5.51. The van der Waals surface area contributed by atoms with Gasteiger partial charge in [0.2, 0.25) is 0 Å². The Morgan fingerprint density at radius 2 is 1.71 bits per heavy atom. The Labute approximate surface area is 135 Å². The van der Waals surface area contributed by atoms with E-state index >= 15 is 0 Å². The average molecular weight is 325 g/mol. The Balaban J connectivity index is 2.09. The van der Waals surface area contributed by atoms with Gasteiger partial charge in [0.15, 0.2) is 0 Å². The molecule has 0 amide bonds. The summed E-state index contributed by atoms with van der Waals surface area (Å²) >= 11 is 12.1. The molecule has 1 unspecified atom stereocenters. The Morgan fingerprint density at radius 3 is 2.33 bits per heavy atom. The van der Waals surface area contributed by atoms with E-state index in [1.165, 1.54) is 0 Å². The van der Waals surface area contributed by atoms with Gasteiger partial charge in [0.1, 0.15) is 5.75 Å². The van der Waals surface area contributed by atoms with Crippen molar-refractivity contribution in [3.05, 3.63) is 63.6 Å². The molecule has 0 saturated heterocycles. The van der Waals surface area contributed by atoms with Crippen LogP contribution in [0.2, 0.25) is 10.0 Å². The zero-order valence-corrected chi connectivity index (χ0v) is 13.5. The Hall–Kier alpha value is -1.22. The fourth-order valence-corrected chi connectivity index (χ4v) is 2.47. The lowest BCUT2D eigenvalue weighted by molar-refractivity contribution is 0.178. The first-order chi connectivity index (χ1) is 9.97. The number of aliphatic hydroxyl groups is 1. The largest absolute Gasteiger partial charge is 0.491 e. The smallest absolute Gasteiger partial charge is 0.119 e. The van der Waals surface area contributed by atoms with Crippen molar-refractivity contribution >= 4 is 23.2 Å². The van der Waals surface area contributed by atoms with E-state index in [2.05, 4.69) is 0 Å². The number of benzene rings is 2. The van der Waals surface area contributed by atoms with Gasteiger partial charge in [0.25, 0.3) is 0 Å². The predicted molar refractivity (Wildman–Crippen MR) is 87.3 cm³/mol. The van der Waals surface area contributed by atoms with Crippen LogP contribution < -0.4 is 4.74 Å². The van der Waals surface area contributed by atoms with Gasteiger partial charge in [-0.05, 0) is 43.2 Å². The van der Waals surface area contributed by atoms with Gasteiger partial charge in [0, 0.05) is 6.42 Å². The molecule has 0 bridgehead atoms. The van der Waals surface area contributed by atoms with Crippen LogP contribution in [0.15, 0.2) is 42.5 Å². The van der Waals surface area contributed by atoms with E-state index in [0.717, 1.165) is 16.9 Å². The van der Waals surface area contributed by atoms with Gasteiger partial charge in [-0.2, -0.15) is 0 Å². The fourth-order valence-electron chi connectivity index (χ4n) is 2.07. The molecule has 1 N–H and O–H groups in total. The van der Waals surface area contributed by atoms with Gasteiger partial charge < -0.3 is 9.84 Å². The lowest BCUT2D eigenvalue weighted by Crippen LogP contribution is -2.06. The minimum Gasteiger partial charge on any atom is -0.491 e. The van der Waals surface area contributed by atoms with E-state index in [-0.39, 0.29) is 6.10 Å². The molecule has 2 aromatic carbocycles. The number of halogens is 2. The van der Waals surface area contributed by atoms with Gasteiger partial charge in [-0.15, -0.1) is 0 Å². The van der Waals surface area contributed by atoms with Crippen LogP contribution in [-0.4, -0.2) is 11.2 Å². The molecule has 0 fully saturated rings. The number of hydrogen-bond acceptors (Lipinski definition) is 2. The molecule has 1 atom stereocenters. The van der Waals surface area contributed by atoms with E-state index in [9.17, 15) is 5.11 Å². The second kappa shape index (κ2) is 7.17. The summed E-state index contributed by atoms with van der Waals surface area (Å²) in [5.74, 6) is 0.793. The van der Waals surface area contributed by atoms with Crippen LogP contribution in [0.5, 0.6) is 5.75 Å². The predicted octanol–water partition coefficient (Wildman–Crippen LogP) is 5.06. The molecule has 0 spiro atoms. The van der Waals surface area contributed by atoms with Gasteiger partial charge in [-0.25, -0.2) is 0 Å². The van der Waals surface area contributed by atoms with Crippen molar-refractivity contribution in [3.8, 4) is 5.75 Å². The zero-order valence-electron chi connectivity index (χ0n) is 12.0. The normalized spacial score (nSPS) is 12.5. The van der Waals surface area contributed by atoms with Crippen molar-refractivity contribution in [2.45, 2.75) is 32.5 Å². The van der Waals surface area contributed by atoms with Crippen LogP contribution in [-0.2, 0) is 6.42 Å². The third-order valence-corrected chi connectivity index (χ3v) is 3.94. The summed E-state index contributed by atoms with van der Waals surface area (Å²) < 4.78 is 5.58. The zero-order chi connectivity index (χ0) is 15.4. The third kappa shape index (κ3) is 4.37. The molecule has 112 valence electrons. The second-order valence-corrected chi connectivity index (χ2v) is 5.95. The highest BCUT2D eigenvalue weighted by Crippen LogP contribution is 2.29. The minimum absolute atomic E-state index is 0.131. The maximum absolute atomic E-state index is 10.3. The SMILES string of the molecule is CC(C)Oc1ccc(C(O)Cc2cccc(Cl)c2Cl)cc1. The molecule has 4 heteroatoms. The molecular weight excluding hydrogens is 307 g/mol. The summed E-state index contributed by atoms with van der Waals surface area (Å²) in [6, 6.07) is 12.9. The highest BCUT2D eigenvalue weighted by Gasteiger charge is 2.12. The van der Waals surface area contributed by atoms with Crippen LogP contribution >= 0.6 is 23.2 Å². The van der Waals surface area contributed by atoms with Gasteiger partial charge in [-0.3, -0.25) is 0 Å². The molecular formula is C17H18Cl2O2. The average Bonchev–Trinajstić information content (AvgIpc) is 2.44. The van der Waals surface area contributed by atoms with Crippen molar-refractivity contribution in [1.29, 1.82) is 0 Å². The summed E-state index contributed by atoms with van der Waals surface area (Å²) in [6.45, 7) is 3.95. The number of hydrogen-bond donors (Lipinski definition) is 1. The second-order valence-electron chi connectivity index (χ2n) is 5.17. The minimum atomic E-state index is -0.630. The molecule has 0 heterocycles. The van der Waals surface area contributed by atoms with Crippen molar-refractivity contribution in [1.82, 2.24) is 0 Å². The van der Waals surface area contributed by atoms with Crippen LogP contribution in [0.3, 0.4) is 0 Å². The van der Waals surface area contributed by atoms with Crippen molar-refractivity contribution < 1.29 is 9.84 Å². The monoisotopic (exact) mass is 324 g/mol. The first kappa shape index (κ1) is 16.2. The first-order valence-electron chi connectivity index (χ1n) is 6.85. The number of ether oxygens (including phenoxy) is 1. The molecule has 2 nitrogen and oxygen atoms in total. The molecule has 2 aromatic rings. The molecule has 0 aliphatic heterocycles. The first-order valence-corrected chi connectivity index (χ1v) is 7.60. The molecule has 0 aromatic heterocycles. The highest BCUT2D eigenvalue weighted by atomic mass is 35.5. The van der Waals surface area contributed by atoms with Crippen LogP contribution in [0.25, 0.3) is 0 Å². The highest BCUT2D eigenvalue weighted by molar-refractivity contribution is 6.42. The van der Waals surface area contributed by atoms with E-state index in [1.807, 2.05) is 50.2 Å². The Bertz CT molecular complexity index is 594. The Morgan fingerprint density at radius 1 is 1.05 bits per heavy atom. The summed E-state index contributed by atoms with van der Waals surface area (Å²) in [6.07, 6.45) is -0.0795. The quantitative estimate of drug-likeness (QED) is 0.833. The third-order valence-electron chi connectivity index (χ3n) is 3.08. The summed E-state index contributed by atoms with van der Waals surface area (Å²) in [4.78, 5) is 0. The van der Waals surface area contributed by atoms with Crippen LogP contribution in [0.4, 0.5) is 0 Å². The number of rotatable bonds is 5. The van der Waals surface area contributed by atoms with E-state index in [4.69, 9.17) is 27.9 Å². The molecule has 0 aliphatic carbocycles. The van der Waals surface area contributed by atoms with Gasteiger partial charge >= 0.3 is 0 Å². The van der Waals surface area contributed by atoms with Gasteiger partial charge in [0.05, 0.1) is 22.3 Å². The molecule has 0 saturated carbocycles. The summed E-state index contributed by atoms with van der Waals surface area (Å²) in [5, 5.41) is 11.3. The van der Waals surface area contributed by atoms with Crippen LogP contribution in [0, 0.1) is 0 Å². The maximum Gasteiger partial charge on any atom is 0.119 e. The molecule has 21 heavy (non-hydrogen) atoms. The van der Waals surface area contributed by atoms with Crippen molar-refractivity contribution in [3.63, 3.8) is 0 Å². The van der Waals surface area contributed by atoms with E-state index in [1.54, 1.807) is 6.07 Å². The summed E-state index contributed by atoms with van der Waals surface area (Å²) in [7, 11) is 0. The topological polar surface area (TPSA) is 29.5 Å². The lowest BCUT2D eigenvalue weighted by Gasteiger charge is -2.14. The summed E-state index contributed by atoms with van der Waals surface area (Å²) in [5.41, 5.74) is 1.65. The number of aliphatic hydroxyl groups excluding tert-OH is 1.